The third-order valence-corrected chi connectivity index (χ3v) is 1.56. The normalized spacial score (nSPS) is 10.1. The Labute approximate surface area is 70.0 Å². The van der Waals surface area contributed by atoms with Gasteiger partial charge in [0.25, 0.3) is 0 Å². The fourth-order valence-electron chi connectivity index (χ4n) is 0.896. The smallest absolute Gasteiger partial charge is 0.355 e. The van der Waals surface area contributed by atoms with E-state index in [2.05, 4.69) is 10.3 Å². The molecule has 1 rings (SSSR count). The van der Waals surface area contributed by atoms with Gasteiger partial charge in [-0.15, -0.1) is 5.10 Å². The Bertz CT molecular complexity index is 269. The fraction of sp³-hybridized carbons (Fsp3) is 0.571. The third-order valence-electron chi connectivity index (χ3n) is 1.56. The van der Waals surface area contributed by atoms with E-state index in [0.29, 0.717) is 6.54 Å². The molecule has 0 atom stereocenters. The summed E-state index contributed by atoms with van der Waals surface area (Å²) >= 11 is 0. The lowest BCUT2D eigenvalue weighted by molar-refractivity contribution is 0.0683. The number of hydrogen-bond acceptors (Lipinski definition) is 3. The van der Waals surface area contributed by atoms with E-state index in [1.54, 1.807) is 0 Å². The molecule has 0 aliphatic carbocycles. The molecule has 5 nitrogen and oxygen atoms in total. The zero-order valence-corrected chi connectivity index (χ0v) is 6.90. The Balaban J connectivity index is 2.70. The predicted molar refractivity (Wildman–Crippen MR) is 41.9 cm³/mol. The maximum atomic E-state index is 10.5. The van der Waals surface area contributed by atoms with Crippen molar-refractivity contribution in [3.63, 3.8) is 0 Å². The van der Waals surface area contributed by atoms with Crippen molar-refractivity contribution in [1.82, 2.24) is 15.0 Å². The van der Waals surface area contributed by atoms with Crippen LogP contribution in [0.1, 0.15) is 30.3 Å². The van der Waals surface area contributed by atoms with Crippen molar-refractivity contribution >= 4 is 5.97 Å². The van der Waals surface area contributed by atoms with Crippen LogP contribution in [0.4, 0.5) is 0 Å². The van der Waals surface area contributed by atoms with Crippen LogP contribution in [-0.2, 0) is 6.54 Å². The van der Waals surface area contributed by atoms with Crippen molar-refractivity contribution < 1.29 is 9.90 Å². The van der Waals surface area contributed by atoms with E-state index < -0.39 is 5.97 Å². The zero-order valence-electron chi connectivity index (χ0n) is 6.90. The average Bonchev–Trinajstić information content (AvgIpc) is 2.48. The largest absolute Gasteiger partial charge is 0.476 e. The van der Waals surface area contributed by atoms with Crippen LogP contribution < -0.4 is 0 Å². The molecule has 0 bridgehead atoms. The van der Waals surface area contributed by atoms with Crippen LogP contribution in [0, 0.1) is 0 Å². The predicted octanol–water partition coefficient (Wildman–Crippen LogP) is 0.776. The van der Waals surface area contributed by atoms with Crippen molar-refractivity contribution in [3.05, 3.63) is 11.9 Å². The molecule has 0 spiro atoms. The Morgan fingerprint density at radius 1 is 1.75 bits per heavy atom. The second-order valence-corrected chi connectivity index (χ2v) is 2.50. The Kier molecular flexibility index (Phi) is 2.79. The van der Waals surface area contributed by atoms with Gasteiger partial charge in [-0.3, -0.25) is 0 Å². The molecule has 1 N–H and O–H groups in total. The highest BCUT2D eigenvalue weighted by Crippen LogP contribution is 1.98. The lowest BCUT2D eigenvalue weighted by Crippen LogP contribution is -2.09. The molecule has 1 aromatic heterocycles. The van der Waals surface area contributed by atoms with Gasteiger partial charge in [-0.1, -0.05) is 18.6 Å². The first-order chi connectivity index (χ1) is 5.75. The number of rotatable bonds is 4. The molecule has 1 aromatic rings. The van der Waals surface area contributed by atoms with Gasteiger partial charge in [0.15, 0.2) is 5.69 Å². The molecule has 12 heavy (non-hydrogen) atoms. The molecule has 0 aromatic carbocycles. The second kappa shape index (κ2) is 3.85. The summed E-state index contributed by atoms with van der Waals surface area (Å²) in [4.78, 5) is 10.5. The molecule has 5 heteroatoms. The van der Waals surface area contributed by atoms with E-state index in [1.165, 1.54) is 10.9 Å². The lowest BCUT2D eigenvalue weighted by atomic mass is 10.3. The Morgan fingerprint density at radius 3 is 3.08 bits per heavy atom. The summed E-state index contributed by atoms with van der Waals surface area (Å²) in [6.07, 6.45) is 3.19. The fourth-order valence-corrected chi connectivity index (χ4v) is 0.896. The number of carboxylic acids is 1. The average molecular weight is 169 g/mol. The summed E-state index contributed by atoms with van der Waals surface area (Å²) in [7, 11) is 0. The summed E-state index contributed by atoms with van der Waals surface area (Å²) in [5.41, 5.74) is 0.156. The lowest BCUT2D eigenvalue weighted by Gasteiger charge is -1.99. The molecule has 66 valence electrons. The highest BCUT2D eigenvalue weighted by atomic mass is 16.4. The van der Waals surface area contributed by atoms with Gasteiger partial charge < -0.3 is 5.11 Å². The third kappa shape index (κ3) is 1.81. The van der Waals surface area contributed by atoms with Gasteiger partial charge >= 0.3 is 5.97 Å². The van der Waals surface area contributed by atoms with Gasteiger partial charge in [-0.05, 0) is 6.42 Å². The maximum Gasteiger partial charge on any atom is 0.355 e. The summed E-state index contributed by atoms with van der Waals surface area (Å²) in [5, 5.41) is 15.8. The first-order valence-corrected chi connectivity index (χ1v) is 3.87. The van der Waals surface area contributed by atoms with Gasteiger partial charge in [0.05, 0.1) is 6.20 Å². The van der Waals surface area contributed by atoms with Gasteiger partial charge in [-0.2, -0.15) is 0 Å². The van der Waals surface area contributed by atoms with Gasteiger partial charge in [0, 0.05) is 6.54 Å². The Morgan fingerprint density at radius 2 is 2.50 bits per heavy atom. The topological polar surface area (TPSA) is 68.0 Å². The van der Waals surface area contributed by atoms with Crippen LogP contribution in [-0.4, -0.2) is 26.1 Å². The van der Waals surface area contributed by atoms with Crippen LogP contribution in [0.2, 0.25) is 0 Å². The summed E-state index contributed by atoms with van der Waals surface area (Å²) < 4.78 is 1.41. The molecule has 0 saturated heterocycles. The minimum atomic E-state index is -0.976. The zero-order chi connectivity index (χ0) is 8.97. The molecule has 0 saturated carbocycles. The summed E-state index contributed by atoms with van der Waals surface area (Å²) in [5.74, 6) is -0.976. The minimum Gasteiger partial charge on any atom is -0.476 e. The molecule has 1 heterocycles. The minimum absolute atomic E-state index is 0.156. The van der Waals surface area contributed by atoms with Crippen LogP contribution >= 0.6 is 0 Å². The Hall–Kier alpha value is -1.39. The SMILES string of the molecule is CCCCn1nncc1C(=O)O. The van der Waals surface area contributed by atoms with E-state index >= 15 is 0 Å². The molecule has 0 aliphatic heterocycles. The van der Waals surface area contributed by atoms with Gasteiger partial charge in [0.1, 0.15) is 0 Å². The van der Waals surface area contributed by atoms with Crippen LogP contribution in [0.25, 0.3) is 0 Å². The van der Waals surface area contributed by atoms with E-state index in [0.717, 1.165) is 12.8 Å². The number of carboxylic acid groups (broad SMARTS) is 1. The van der Waals surface area contributed by atoms with Crippen LogP contribution in [0.3, 0.4) is 0 Å². The highest BCUT2D eigenvalue weighted by molar-refractivity contribution is 5.85. The standard InChI is InChI=1S/C7H11N3O2/c1-2-3-4-10-6(7(11)12)5-8-9-10/h5H,2-4H2,1H3,(H,11,12). The van der Waals surface area contributed by atoms with E-state index in [1.807, 2.05) is 6.92 Å². The first kappa shape index (κ1) is 8.70. The quantitative estimate of drug-likeness (QED) is 0.723. The number of aromatic carboxylic acids is 1. The summed E-state index contributed by atoms with van der Waals surface area (Å²) in [6, 6.07) is 0. The maximum absolute atomic E-state index is 10.5. The van der Waals surface area contributed by atoms with E-state index in [9.17, 15) is 4.79 Å². The second-order valence-electron chi connectivity index (χ2n) is 2.50. The van der Waals surface area contributed by atoms with Crippen molar-refractivity contribution in [2.75, 3.05) is 0 Å². The number of aryl methyl sites for hydroxylation is 1. The molecular formula is C7H11N3O2. The van der Waals surface area contributed by atoms with Crippen molar-refractivity contribution in [2.24, 2.45) is 0 Å². The molecule has 0 radical (unpaired) electrons. The van der Waals surface area contributed by atoms with Gasteiger partial charge in [-0.25, -0.2) is 9.48 Å². The molecular weight excluding hydrogens is 158 g/mol. The number of carbonyl (C=O) groups is 1. The van der Waals surface area contributed by atoms with E-state index in [4.69, 9.17) is 5.11 Å². The first-order valence-electron chi connectivity index (χ1n) is 3.87. The number of aromatic nitrogens is 3. The van der Waals surface area contributed by atoms with E-state index in [-0.39, 0.29) is 5.69 Å². The number of unbranched alkanes of at least 4 members (excludes halogenated alkanes) is 1. The number of hydrogen-bond donors (Lipinski definition) is 1. The van der Waals surface area contributed by atoms with Crippen LogP contribution in [0.5, 0.6) is 0 Å². The molecule has 0 unspecified atom stereocenters. The molecule has 0 aliphatic rings. The summed E-state index contributed by atoms with van der Waals surface area (Å²) in [6.45, 7) is 2.66. The molecule has 0 fully saturated rings. The monoisotopic (exact) mass is 169 g/mol. The van der Waals surface area contributed by atoms with Crippen molar-refractivity contribution in [3.8, 4) is 0 Å². The van der Waals surface area contributed by atoms with Crippen molar-refractivity contribution in [1.29, 1.82) is 0 Å². The molecule has 0 amide bonds. The van der Waals surface area contributed by atoms with Crippen molar-refractivity contribution in [2.45, 2.75) is 26.3 Å². The highest BCUT2D eigenvalue weighted by Gasteiger charge is 2.09. The van der Waals surface area contributed by atoms with Gasteiger partial charge in [0.2, 0.25) is 0 Å². The number of nitrogens with zero attached hydrogens (tertiary/aromatic N) is 3. The van der Waals surface area contributed by atoms with Crippen LogP contribution in [0.15, 0.2) is 6.20 Å².